The Balaban J connectivity index is 0.00000162. The van der Waals surface area contributed by atoms with Crippen molar-refractivity contribution in [2.45, 2.75) is 19.8 Å². The summed E-state index contributed by atoms with van der Waals surface area (Å²) in [5.74, 6) is 0. The molecule has 0 aliphatic heterocycles. The molecule has 3 N–H and O–H groups in total. The first-order valence-corrected chi connectivity index (χ1v) is 10.8. The molecule has 102 valence electrons. The number of rotatable bonds is 5. The van der Waals surface area contributed by atoms with E-state index < -0.39 is 19.8 Å². The van der Waals surface area contributed by atoms with Gasteiger partial charge in [0.15, 0.2) is 0 Å². The second kappa shape index (κ2) is 7.64. The van der Waals surface area contributed by atoms with Crippen LogP contribution in [-0.2, 0) is 0 Å². The van der Waals surface area contributed by atoms with Crippen LogP contribution in [0.5, 0.6) is 0 Å². The van der Waals surface area contributed by atoms with E-state index in [2.05, 4.69) is 34.8 Å². The van der Waals surface area contributed by atoms with Crippen LogP contribution in [0.1, 0.15) is 18.5 Å². The van der Waals surface area contributed by atoms with E-state index in [9.17, 15) is 0 Å². The molecule has 2 aromatic heterocycles. The van der Waals surface area contributed by atoms with Gasteiger partial charge in [-0.1, -0.05) is 0 Å². The summed E-state index contributed by atoms with van der Waals surface area (Å²) in [6, 6.07) is 6.35. The van der Waals surface area contributed by atoms with Crippen molar-refractivity contribution in [1.29, 1.82) is 0 Å². The van der Waals surface area contributed by atoms with Crippen molar-refractivity contribution in [3.05, 3.63) is 33.7 Å². The first-order valence-electron chi connectivity index (χ1n) is 6.03. The Morgan fingerprint density at radius 2 is 2.11 bits per heavy atom. The molecule has 0 radical (unpaired) electrons. The number of hydrogen-bond acceptors (Lipinski definition) is 1. The first-order chi connectivity index (χ1) is 8.24. The number of unbranched alkanes of at least 4 members (excludes halogenated alkanes) is 1. The molecule has 0 unspecified atom stereocenters. The van der Waals surface area contributed by atoms with E-state index >= 15 is 0 Å². The molecule has 0 saturated heterocycles. The fourth-order valence-corrected chi connectivity index (χ4v) is 7.08. The number of aryl methyl sites for hydroxylation is 1. The molecule has 0 amide bonds. The maximum atomic E-state index is 4.61. The van der Waals surface area contributed by atoms with Gasteiger partial charge < -0.3 is 24.0 Å². The molecule has 2 aromatic rings. The molecule has 0 aliphatic carbocycles. The van der Waals surface area contributed by atoms with E-state index in [-0.39, 0.29) is 24.0 Å². The molecule has 0 aliphatic rings. The van der Waals surface area contributed by atoms with Crippen molar-refractivity contribution in [3.63, 3.8) is 0 Å². The van der Waals surface area contributed by atoms with E-state index in [0.717, 1.165) is 6.54 Å². The van der Waals surface area contributed by atoms with Crippen LogP contribution in [0.3, 0.4) is 0 Å². The molecule has 0 spiro atoms. The predicted octanol–water partition coefficient (Wildman–Crippen LogP) is -1.03. The third-order valence-electron chi connectivity index (χ3n) is 2.88. The van der Waals surface area contributed by atoms with Crippen molar-refractivity contribution in [3.8, 4) is 0 Å². The summed E-state index contributed by atoms with van der Waals surface area (Å²) >= 11 is -1.03. The number of quaternary nitrogens is 1. The van der Waals surface area contributed by atoms with Crippen LogP contribution in [-0.4, -0.2) is 25.5 Å². The summed E-state index contributed by atoms with van der Waals surface area (Å²) < 4.78 is 4.98. The van der Waals surface area contributed by atoms with E-state index in [1.54, 1.807) is 3.57 Å². The van der Waals surface area contributed by atoms with Crippen molar-refractivity contribution < 1.29 is 29.7 Å². The molecule has 0 atom stereocenters. The standard InChI is InChI=1S/C13H20IN3.HI/c1-11-13(14(2)8-4-5-9-15)12-7-3-6-10-17(12)16-11;/h3,6-7,10H,4-5,8-9,15H2,1-2H3;1H. The minimum atomic E-state index is -1.03. The van der Waals surface area contributed by atoms with Gasteiger partial charge in [-0.2, -0.15) is 0 Å². The van der Waals surface area contributed by atoms with Gasteiger partial charge in [-0.25, -0.2) is 0 Å². The molecule has 0 fully saturated rings. The van der Waals surface area contributed by atoms with Crippen molar-refractivity contribution in [2.75, 3.05) is 15.9 Å². The molecular weight excluding hydrogens is 452 g/mol. The zero-order valence-corrected chi connectivity index (χ0v) is 15.3. The summed E-state index contributed by atoms with van der Waals surface area (Å²) in [6.07, 6.45) is 4.64. The van der Waals surface area contributed by atoms with Gasteiger partial charge in [0.2, 0.25) is 0 Å². The predicted molar refractivity (Wildman–Crippen MR) is 80.4 cm³/mol. The van der Waals surface area contributed by atoms with E-state index in [0.29, 0.717) is 0 Å². The largest absolute Gasteiger partial charge is 1.00 e. The smallest absolute Gasteiger partial charge is 1.00 e. The maximum Gasteiger partial charge on any atom is -1.00 e. The van der Waals surface area contributed by atoms with Gasteiger partial charge in [0.05, 0.1) is 0 Å². The third kappa shape index (κ3) is 3.57. The SMILES string of the molecule is Cc1nn2ccccc2c1I(C)CCCC[NH3+].[I-]. The molecule has 3 nitrogen and oxygen atoms in total. The third-order valence-corrected chi connectivity index (χ3v) is 8.43. The van der Waals surface area contributed by atoms with Crippen molar-refractivity contribution >= 4 is 25.3 Å². The average Bonchev–Trinajstić information content (AvgIpc) is 2.65. The number of fused-ring (bicyclic) bond motifs is 1. The van der Waals surface area contributed by atoms with E-state index in [4.69, 9.17) is 0 Å². The van der Waals surface area contributed by atoms with Gasteiger partial charge in [0.25, 0.3) is 0 Å². The summed E-state index contributed by atoms with van der Waals surface area (Å²) in [5.41, 5.74) is 6.47. The van der Waals surface area contributed by atoms with Crippen LogP contribution in [0.2, 0.25) is 0 Å². The van der Waals surface area contributed by atoms with E-state index in [1.807, 2.05) is 16.8 Å². The quantitative estimate of drug-likeness (QED) is 0.338. The van der Waals surface area contributed by atoms with Gasteiger partial charge in [-0.05, 0) is 0 Å². The van der Waals surface area contributed by atoms with Crippen LogP contribution in [0.4, 0.5) is 0 Å². The van der Waals surface area contributed by atoms with Crippen molar-refractivity contribution in [1.82, 2.24) is 9.61 Å². The van der Waals surface area contributed by atoms with Gasteiger partial charge in [0, 0.05) is 0 Å². The molecule has 0 bridgehead atoms. The summed E-state index contributed by atoms with van der Waals surface area (Å²) in [6.45, 7) is 3.22. The Kier molecular flexibility index (Phi) is 6.86. The van der Waals surface area contributed by atoms with Crippen LogP contribution in [0, 0.1) is 10.5 Å². The molecule has 0 saturated carbocycles. The zero-order chi connectivity index (χ0) is 12.3. The van der Waals surface area contributed by atoms with Gasteiger partial charge in [0.1, 0.15) is 0 Å². The Morgan fingerprint density at radius 3 is 2.83 bits per heavy atom. The topological polar surface area (TPSA) is 44.9 Å². The fraction of sp³-hybridized carbons (Fsp3) is 0.462. The molecule has 0 aromatic carbocycles. The normalized spacial score (nSPS) is 11.4. The Morgan fingerprint density at radius 1 is 1.33 bits per heavy atom. The maximum absolute atomic E-state index is 4.61. The Labute approximate surface area is 133 Å². The molecule has 5 heteroatoms. The second-order valence-electron chi connectivity index (χ2n) is 4.27. The fourth-order valence-electron chi connectivity index (χ4n) is 2.05. The first kappa shape index (κ1) is 16.2. The van der Waals surface area contributed by atoms with Crippen LogP contribution >= 0.6 is 19.8 Å². The van der Waals surface area contributed by atoms with Crippen molar-refractivity contribution in [2.24, 2.45) is 0 Å². The Bertz CT molecular complexity index is 496. The Hall–Kier alpha value is 0.110. The van der Waals surface area contributed by atoms with E-state index in [1.165, 1.54) is 28.5 Å². The molecule has 18 heavy (non-hydrogen) atoms. The average molecular weight is 473 g/mol. The van der Waals surface area contributed by atoms with Crippen LogP contribution in [0.15, 0.2) is 24.4 Å². The minimum Gasteiger partial charge on any atom is -1.00 e. The number of alkyl halides is 2. The second-order valence-corrected chi connectivity index (χ2v) is 9.79. The summed E-state index contributed by atoms with van der Waals surface area (Å²) in [4.78, 5) is 2.46. The number of hydrogen-bond donors (Lipinski definition) is 1. The number of pyridine rings is 1. The van der Waals surface area contributed by atoms with Crippen LogP contribution < -0.4 is 29.7 Å². The number of halogens is 2. The number of nitrogens with zero attached hydrogens (tertiary/aromatic N) is 2. The molecular formula is C13H21I2N3. The number of aromatic nitrogens is 2. The summed E-state index contributed by atoms with van der Waals surface area (Å²) in [7, 11) is 0. The summed E-state index contributed by atoms with van der Waals surface area (Å²) in [5, 5.41) is 4.61. The monoisotopic (exact) mass is 473 g/mol. The zero-order valence-electron chi connectivity index (χ0n) is 11.0. The molecule has 2 rings (SSSR count). The minimum absolute atomic E-state index is 0. The van der Waals surface area contributed by atoms with Gasteiger partial charge >= 0.3 is 110 Å². The van der Waals surface area contributed by atoms with Gasteiger partial charge in [-0.3, -0.25) is 0 Å². The molecule has 2 heterocycles. The van der Waals surface area contributed by atoms with Crippen LogP contribution in [0.25, 0.3) is 5.52 Å². The van der Waals surface area contributed by atoms with Gasteiger partial charge in [-0.15, -0.1) is 0 Å².